The second-order valence-electron chi connectivity index (χ2n) is 4.58. The van der Waals surface area contributed by atoms with Crippen molar-refractivity contribution in [3.8, 4) is 21.6 Å². The third-order valence-corrected chi connectivity index (χ3v) is 4.08. The van der Waals surface area contributed by atoms with Crippen molar-refractivity contribution in [1.29, 1.82) is 0 Å². The topological polar surface area (TPSA) is 46.1 Å². The van der Waals surface area contributed by atoms with Crippen molar-refractivity contribution >= 4 is 17.0 Å². The van der Waals surface area contributed by atoms with Crippen LogP contribution in [0.25, 0.3) is 21.6 Å². The summed E-state index contributed by atoms with van der Waals surface area (Å²) in [5.41, 5.74) is 2.65. The molecular weight excluding hydrogens is 287 g/mol. The van der Waals surface area contributed by atoms with Gasteiger partial charge < -0.3 is 0 Å². The van der Waals surface area contributed by atoms with Gasteiger partial charge in [0.05, 0.1) is 11.0 Å². The van der Waals surface area contributed by atoms with Crippen molar-refractivity contribution in [2.75, 3.05) is 0 Å². The van der Waals surface area contributed by atoms with E-state index in [0.29, 0.717) is 5.56 Å². The van der Waals surface area contributed by atoms with Crippen LogP contribution in [-0.2, 0) is 0 Å². The van der Waals surface area contributed by atoms with Gasteiger partial charge in [0.25, 0.3) is 5.69 Å². The van der Waals surface area contributed by atoms with Crippen LogP contribution in [-0.4, -0.2) is 4.87 Å². The summed E-state index contributed by atoms with van der Waals surface area (Å²) in [5.74, 6) is 4.64. The molecule has 0 saturated carbocycles. The molecule has 0 amide bonds. The fourth-order valence-electron chi connectivity index (χ4n) is 2.14. The number of hydrazine groups is 1. The number of halogens is 1. The molecule has 0 bridgehead atoms. The van der Waals surface area contributed by atoms with Crippen molar-refractivity contribution < 1.29 is 9.26 Å². The van der Waals surface area contributed by atoms with Crippen LogP contribution in [0.15, 0.2) is 60.0 Å². The summed E-state index contributed by atoms with van der Waals surface area (Å²) in [7, 11) is 0. The molecule has 1 aromatic heterocycles. The van der Waals surface area contributed by atoms with Crippen LogP contribution in [0, 0.1) is 10.7 Å². The molecule has 0 spiro atoms. The Kier molecular flexibility index (Phi) is 3.50. The number of benzene rings is 2. The molecular formula is C16H12FN2OS+. The minimum atomic E-state index is -0.490. The molecule has 2 aromatic carbocycles. The maximum Gasteiger partial charge on any atom is 0.295 e. The predicted molar refractivity (Wildman–Crippen MR) is 82.6 cm³/mol. The van der Waals surface area contributed by atoms with E-state index in [-0.39, 0.29) is 10.6 Å². The lowest BCUT2D eigenvalue weighted by Gasteiger charge is -2.03. The molecule has 0 radical (unpaired) electrons. The Bertz CT molecular complexity index is 783. The Morgan fingerprint density at radius 3 is 2.29 bits per heavy atom. The highest BCUT2D eigenvalue weighted by Crippen LogP contribution is 2.29. The van der Waals surface area contributed by atoms with Gasteiger partial charge in [-0.25, -0.2) is 4.39 Å². The lowest BCUT2D eigenvalue weighted by Crippen LogP contribution is -2.09. The molecule has 21 heavy (non-hydrogen) atoms. The smallest absolute Gasteiger partial charge is 0.207 e. The van der Waals surface area contributed by atoms with E-state index >= 15 is 0 Å². The summed E-state index contributed by atoms with van der Waals surface area (Å²) < 4.78 is 13.6. The molecule has 0 aliphatic carbocycles. The summed E-state index contributed by atoms with van der Waals surface area (Å²) in [5, 5.41) is 2.02. The molecule has 0 atom stereocenters. The van der Waals surface area contributed by atoms with Gasteiger partial charge in [-0.05, 0) is 34.2 Å². The van der Waals surface area contributed by atoms with Crippen LogP contribution in [0.3, 0.4) is 0 Å². The molecule has 3 rings (SSSR count). The summed E-state index contributed by atoms with van der Waals surface area (Å²) >= 11 is 1.66. The highest BCUT2D eigenvalue weighted by atomic mass is 32.1. The van der Waals surface area contributed by atoms with Gasteiger partial charge in [-0.3, -0.25) is 0 Å². The maximum atomic E-state index is 13.6. The Balaban J connectivity index is 1.99. The first-order valence-electron chi connectivity index (χ1n) is 6.30. The van der Waals surface area contributed by atoms with Crippen LogP contribution in [0.2, 0.25) is 0 Å². The summed E-state index contributed by atoms with van der Waals surface area (Å²) in [6.07, 6.45) is 0. The monoisotopic (exact) mass is 299 g/mol. The molecule has 0 aliphatic rings. The van der Waals surface area contributed by atoms with E-state index in [1.165, 1.54) is 10.9 Å². The molecule has 0 saturated heterocycles. The van der Waals surface area contributed by atoms with Crippen molar-refractivity contribution in [3.05, 3.63) is 70.7 Å². The third-order valence-electron chi connectivity index (χ3n) is 3.16. The number of nitrogens with two attached hydrogens (primary N) is 1. The zero-order chi connectivity index (χ0) is 14.8. The molecule has 0 fully saturated rings. The van der Waals surface area contributed by atoms with Crippen molar-refractivity contribution in [1.82, 2.24) is 0 Å². The van der Waals surface area contributed by atoms with Gasteiger partial charge in [0, 0.05) is 10.9 Å². The first-order chi connectivity index (χ1) is 10.1. The SMILES string of the molecule is N[N+](=O)c1cc(F)cc(-c2ccc(-c3cccs3)cc2)c1. The predicted octanol–water partition coefficient (Wildman–Crippen LogP) is 4.51. The van der Waals surface area contributed by atoms with E-state index in [4.69, 9.17) is 5.84 Å². The Morgan fingerprint density at radius 2 is 1.67 bits per heavy atom. The van der Waals surface area contributed by atoms with Gasteiger partial charge >= 0.3 is 0 Å². The Morgan fingerprint density at radius 1 is 0.952 bits per heavy atom. The average molecular weight is 299 g/mol. The van der Waals surface area contributed by atoms with E-state index < -0.39 is 5.82 Å². The first-order valence-corrected chi connectivity index (χ1v) is 7.18. The number of nitrogens with zero attached hydrogens (tertiary/aromatic N) is 1. The molecule has 3 nitrogen and oxygen atoms in total. The second kappa shape index (κ2) is 5.46. The first kappa shape index (κ1) is 13.5. The number of rotatable bonds is 3. The van der Waals surface area contributed by atoms with E-state index in [9.17, 15) is 9.30 Å². The van der Waals surface area contributed by atoms with Crippen LogP contribution < -0.4 is 5.84 Å². The Hall–Kier alpha value is -2.53. The largest absolute Gasteiger partial charge is 0.295 e. The molecule has 2 N–H and O–H groups in total. The standard InChI is InChI=1S/C16H12FN2OS/c17-14-8-13(9-15(10-14)19(18)20)11-3-5-12(6-4-11)16-2-1-7-21-16/h1-10H,(H2,18,20)/q+1. The van der Waals surface area contributed by atoms with Crippen molar-refractivity contribution in [2.24, 2.45) is 5.84 Å². The van der Waals surface area contributed by atoms with E-state index in [1.807, 2.05) is 41.8 Å². The zero-order valence-corrected chi connectivity index (χ0v) is 11.8. The highest BCUT2D eigenvalue weighted by molar-refractivity contribution is 7.13. The molecule has 104 valence electrons. The van der Waals surface area contributed by atoms with Gasteiger partial charge in [0.15, 0.2) is 4.87 Å². The molecule has 1 heterocycles. The van der Waals surface area contributed by atoms with E-state index in [2.05, 4.69) is 0 Å². The fraction of sp³-hybridized carbons (Fsp3) is 0. The average Bonchev–Trinajstić information content (AvgIpc) is 3.01. The second-order valence-corrected chi connectivity index (χ2v) is 5.53. The Labute approximate surface area is 125 Å². The van der Waals surface area contributed by atoms with Crippen LogP contribution in [0.1, 0.15) is 0 Å². The summed E-state index contributed by atoms with van der Waals surface area (Å²) in [6.45, 7) is 0. The van der Waals surface area contributed by atoms with Gasteiger partial charge in [-0.15, -0.1) is 11.3 Å². The minimum absolute atomic E-state index is 0.0901. The van der Waals surface area contributed by atoms with Gasteiger partial charge in [0.2, 0.25) is 0 Å². The van der Waals surface area contributed by atoms with Gasteiger partial charge in [0.1, 0.15) is 5.82 Å². The van der Waals surface area contributed by atoms with Crippen molar-refractivity contribution in [3.63, 3.8) is 0 Å². The number of hydrogen-bond acceptors (Lipinski definition) is 2. The lowest BCUT2D eigenvalue weighted by atomic mass is 10.0. The molecule has 3 aromatic rings. The number of hydrogen-bond donors (Lipinski definition) is 1. The zero-order valence-electron chi connectivity index (χ0n) is 11.0. The van der Waals surface area contributed by atoms with Gasteiger partial charge in [-0.1, -0.05) is 30.3 Å². The lowest BCUT2D eigenvalue weighted by molar-refractivity contribution is -0.474. The van der Waals surface area contributed by atoms with Crippen molar-refractivity contribution in [2.45, 2.75) is 0 Å². The molecule has 5 heteroatoms. The third kappa shape index (κ3) is 2.83. The minimum Gasteiger partial charge on any atom is -0.207 e. The van der Waals surface area contributed by atoms with Crippen LogP contribution in [0.4, 0.5) is 10.1 Å². The summed E-state index contributed by atoms with van der Waals surface area (Å²) in [6, 6.07) is 15.9. The molecule has 0 aliphatic heterocycles. The number of nitroso groups, excluding NO2 is 1. The fourth-order valence-corrected chi connectivity index (χ4v) is 2.87. The van der Waals surface area contributed by atoms with Crippen LogP contribution >= 0.6 is 11.3 Å². The molecule has 0 unspecified atom stereocenters. The summed E-state index contributed by atoms with van der Waals surface area (Å²) in [4.78, 5) is 12.5. The van der Waals surface area contributed by atoms with E-state index in [1.54, 1.807) is 17.4 Å². The number of thiophene rings is 1. The van der Waals surface area contributed by atoms with Crippen LogP contribution in [0.5, 0.6) is 0 Å². The van der Waals surface area contributed by atoms with E-state index in [0.717, 1.165) is 17.2 Å². The quantitative estimate of drug-likeness (QED) is 0.439. The normalized spacial score (nSPS) is 10.5. The van der Waals surface area contributed by atoms with Gasteiger partial charge in [-0.2, -0.15) is 5.84 Å². The highest BCUT2D eigenvalue weighted by Gasteiger charge is 2.13. The maximum absolute atomic E-state index is 13.6.